The first-order chi connectivity index (χ1) is 16.1. The average Bonchev–Trinajstić information content (AvgIpc) is 3.21. The highest BCUT2D eigenvalue weighted by Gasteiger charge is 2.17. The highest BCUT2D eigenvalue weighted by Crippen LogP contribution is 2.21. The van der Waals surface area contributed by atoms with E-state index in [1.807, 2.05) is 0 Å². The Balaban J connectivity index is 1.55. The van der Waals surface area contributed by atoms with Gasteiger partial charge in [0.05, 0.1) is 16.3 Å². The fraction of sp³-hybridized carbons (Fsp3) is 0.0870. The van der Waals surface area contributed by atoms with E-state index in [1.54, 1.807) is 49.4 Å². The SMILES string of the molecule is Cc1cc(C(=O)Nc2ncc(-c3ccc(S(C)(=O)=O)cc3)cn2)n(-c2cccc(C(=N)N)c2)n1. The summed E-state index contributed by atoms with van der Waals surface area (Å²) in [5.41, 5.74) is 8.98. The standard InChI is InChI=1S/C23H21N7O3S/c1-14-10-20(30(29-14)18-5-3-4-16(11-18)21(24)25)22(31)28-23-26-12-17(13-27-23)15-6-8-19(9-7-15)34(2,32)33/h3-13H,1-2H3,(H3,24,25)(H,26,27,28,31). The summed E-state index contributed by atoms with van der Waals surface area (Å²) >= 11 is 0. The summed E-state index contributed by atoms with van der Waals surface area (Å²) in [4.78, 5) is 21.6. The first kappa shape index (κ1) is 22.8. The van der Waals surface area contributed by atoms with Gasteiger partial charge in [0.1, 0.15) is 11.5 Å². The highest BCUT2D eigenvalue weighted by atomic mass is 32.2. The van der Waals surface area contributed by atoms with Crippen molar-refractivity contribution < 1.29 is 13.2 Å². The number of sulfone groups is 1. The van der Waals surface area contributed by atoms with Gasteiger partial charge in [-0.2, -0.15) is 5.10 Å². The number of aromatic nitrogens is 4. The minimum absolute atomic E-state index is 0.0869. The van der Waals surface area contributed by atoms with E-state index in [2.05, 4.69) is 20.4 Å². The summed E-state index contributed by atoms with van der Waals surface area (Å²) in [5.74, 6) is -0.445. The zero-order valence-electron chi connectivity index (χ0n) is 18.4. The van der Waals surface area contributed by atoms with Gasteiger partial charge >= 0.3 is 0 Å². The lowest BCUT2D eigenvalue weighted by Gasteiger charge is -2.09. The number of carbonyl (C=O) groups excluding carboxylic acids is 1. The predicted octanol–water partition coefficient (Wildman–Crippen LogP) is 2.58. The Morgan fingerprint density at radius 1 is 1.03 bits per heavy atom. The van der Waals surface area contributed by atoms with Crippen molar-refractivity contribution in [3.63, 3.8) is 0 Å². The summed E-state index contributed by atoms with van der Waals surface area (Å²) in [6, 6.07) is 14.9. The number of anilines is 1. The Labute approximate surface area is 195 Å². The van der Waals surface area contributed by atoms with Gasteiger partial charge in [0.25, 0.3) is 5.91 Å². The van der Waals surface area contributed by atoms with Crippen LogP contribution in [0, 0.1) is 12.3 Å². The molecule has 34 heavy (non-hydrogen) atoms. The van der Waals surface area contributed by atoms with Crippen LogP contribution in [0.2, 0.25) is 0 Å². The number of amidine groups is 1. The van der Waals surface area contributed by atoms with Gasteiger partial charge in [-0.3, -0.25) is 15.5 Å². The average molecular weight is 476 g/mol. The van der Waals surface area contributed by atoms with Crippen LogP contribution >= 0.6 is 0 Å². The van der Waals surface area contributed by atoms with E-state index in [4.69, 9.17) is 11.1 Å². The van der Waals surface area contributed by atoms with Crippen LogP contribution in [0.15, 0.2) is 71.9 Å². The van der Waals surface area contributed by atoms with Crippen molar-refractivity contribution in [2.24, 2.45) is 5.73 Å². The summed E-state index contributed by atoms with van der Waals surface area (Å²) in [6.45, 7) is 1.77. The second-order valence-corrected chi connectivity index (χ2v) is 9.61. The molecule has 0 aliphatic rings. The largest absolute Gasteiger partial charge is 0.384 e. The van der Waals surface area contributed by atoms with E-state index in [1.165, 1.54) is 29.2 Å². The Morgan fingerprint density at radius 2 is 1.71 bits per heavy atom. The van der Waals surface area contributed by atoms with Gasteiger partial charge in [-0.25, -0.2) is 23.1 Å². The van der Waals surface area contributed by atoms with E-state index in [0.29, 0.717) is 22.5 Å². The van der Waals surface area contributed by atoms with Crippen molar-refractivity contribution in [2.45, 2.75) is 11.8 Å². The van der Waals surface area contributed by atoms with E-state index in [9.17, 15) is 13.2 Å². The number of rotatable bonds is 6. The number of amides is 1. The molecule has 4 aromatic rings. The van der Waals surface area contributed by atoms with Gasteiger partial charge in [-0.05, 0) is 42.8 Å². The molecule has 2 heterocycles. The number of hydrogen-bond donors (Lipinski definition) is 3. The monoisotopic (exact) mass is 475 g/mol. The molecule has 0 radical (unpaired) electrons. The first-order valence-corrected chi connectivity index (χ1v) is 12.0. The molecule has 0 aliphatic carbocycles. The van der Waals surface area contributed by atoms with E-state index in [-0.39, 0.29) is 22.4 Å². The maximum atomic E-state index is 13.0. The Hall–Kier alpha value is -4.38. The van der Waals surface area contributed by atoms with Crippen LogP contribution in [0.3, 0.4) is 0 Å². The molecule has 1 amide bonds. The smallest absolute Gasteiger partial charge is 0.276 e. The third-order valence-corrected chi connectivity index (χ3v) is 6.09. The molecule has 4 N–H and O–H groups in total. The molecular weight excluding hydrogens is 454 g/mol. The van der Waals surface area contributed by atoms with Gasteiger partial charge < -0.3 is 5.73 Å². The Kier molecular flexibility index (Phi) is 5.95. The molecule has 172 valence electrons. The maximum absolute atomic E-state index is 13.0. The summed E-state index contributed by atoms with van der Waals surface area (Å²) in [6.07, 6.45) is 4.23. The van der Waals surface area contributed by atoms with Crippen LogP contribution in [0.1, 0.15) is 21.7 Å². The van der Waals surface area contributed by atoms with Gasteiger partial charge in [0.15, 0.2) is 9.84 Å². The summed E-state index contributed by atoms with van der Waals surface area (Å²) < 4.78 is 24.7. The lowest BCUT2D eigenvalue weighted by atomic mass is 10.1. The summed E-state index contributed by atoms with van der Waals surface area (Å²) in [7, 11) is -3.28. The van der Waals surface area contributed by atoms with Gasteiger partial charge in [0.2, 0.25) is 5.95 Å². The van der Waals surface area contributed by atoms with E-state index >= 15 is 0 Å². The van der Waals surface area contributed by atoms with Crippen LogP contribution < -0.4 is 11.1 Å². The molecule has 0 aliphatic heterocycles. The minimum atomic E-state index is -3.28. The fourth-order valence-electron chi connectivity index (χ4n) is 3.27. The quantitative estimate of drug-likeness (QED) is 0.286. The molecule has 10 nitrogen and oxygen atoms in total. The van der Waals surface area contributed by atoms with E-state index < -0.39 is 15.7 Å². The van der Waals surface area contributed by atoms with Crippen LogP contribution in [0.5, 0.6) is 0 Å². The van der Waals surface area contributed by atoms with Crippen LogP contribution in [-0.4, -0.2) is 46.2 Å². The Bertz CT molecular complexity index is 1490. The number of nitrogen functional groups attached to an aromatic ring is 1. The van der Waals surface area contributed by atoms with Crippen molar-refractivity contribution in [3.8, 4) is 16.8 Å². The lowest BCUT2D eigenvalue weighted by molar-refractivity contribution is 0.101. The molecule has 11 heteroatoms. The number of carbonyl (C=O) groups is 1. The van der Waals surface area contributed by atoms with Crippen molar-refractivity contribution in [3.05, 3.63) is 83.9 Å². The summed E-state index contributed by atoms with van der Waals surface area (Å²) in [5, 5.41) is 14.7. The molecule has 0 fully saturated rings. The number of hydrogen-bond acceptors (Lipinski definition) is 7. The number of aryl methyl sites for hydroxylation is 1. The normalized spacial score (nSPS) is 11.2. The van der Waals surface area contributed by atoms with Crippen LogP contribution in [-0.2, 0) is 9.84 Å². The number of benzene rings is 2. The molecular formula is C23H21N7O3S. The second kappa shape index (κ2) is 8.87. The van der Waals surface area contributed by atoms with Crippen molar-refractivity contribution >= 4 is 27.5 Å². The molecule has 0 saturated carbocycles. The zero-order valence-corrected chi connectivity index (χ0v) is 19.2. The zero-order chi connectivity index (χ0) is 24.5. The van der Waals surface area contributed by atoms with Crippen molar-refractivity contribution in [1.82, 2.24) is 19.7 Å². The first-order valence-electron chi connectivity index (χ1n) is 10.1. The fourth-order valence-corrected chi connectivity index (χ4v) is 3.90. The maximum Gasteiger partial charge on any atom is 0.276 e. The molecule has 0 saturated heterocycles. The van der Waals surface area contributed by atoms with Crippen molar-refractivity contribution in [1.29, 1.82) is 5.41 Å². The highest BCUT2D eigenvalue weighted by molar-refractivity contribution is 7.90. The third kappa shape index (κ3) is 4.84. The predicted molar refractivity (Wildman–Crippen MR) is 128 cm³/mol. The van der Waals surface area contributed by atoms with Gasteiger partial charge in [-0.15, -0.1) is 0 Å². The van der Waals surface area contributed by atoms with E-state index in [0.717, 1.165) is 11.8 Å². The molecule has 2 aromatic carbocycles. The Morgan fingerprint density at radius 3 is 2.32 bits per heavy atom. The third-order valence-electron chi connectivity index (χ3n) is 4.96. The topological polar surface area (TPSA) is 157 Å². The molecule has 0 spiro atoms. The van der Waals surface area contributed by atoms with Crippen molar-refractivity contribution in [2.75, 3.05) is 11.6 Å². The second-order valence-electron chi connectivity index (χ2n) is 7.59. The molecule has 4 rings (SSSR count). The number of nitrogens with one attached hydrogen (secondary N) is 2. The van der Waals surface area contributed by atoms with Crippen LogP contribution in [0.4, 0.5) is 5.95 Å². The minimum Gasteiger partial charge on any atom is -0.384 e. The van der Waals surface area contributed by atoms with Crippen LogP contribution in [0.25, 0.3) is 16.8 Å². The lowest BCUT2D eigenvalue weighted by Crippen LogP contribution is -2.19. The molecule has 0 unspecified atom stereocenters. The molecule has 2 aromatic heterocycles. The van der Waals surface area contributed by atoms with Gasteiger partial charge in [-0.1, -0.05) is 24.3 Å². The molecule has 0 bridgehead atoms. The van der Waals surface area contributed by atoms with Gasteiger partial charge in [0, 0.05) is 29.8 Å². The number of nitrogens with two attached hydrogens (primary N) is 1. The number of nitrogens with zero attached hydrogens (tertiary/aromatic N) is 4. The molecule has 0 atom stereocenters.